The average molecular weight is 387 g/mol. The second-order valence-electron chi connectivity index (χ2n) is 7.13. The SMILES string of the molecule is O=C(O)CCN1CCN(C2Cc3cc(Cl)ccc3Oc3ccccc32)CC1. The van der Waals surface area contributed by atoms with Crippen molar-refractivity contribution in [1.29, 1.82) is 0 Å². The fourth-order valence-electron chi connectivity index (χ4n) is 3.97. The molecule has 1 fully saturated rings. The van der Waals surface area contributed by atoms with Crippen LogP contribution in [0.5, 0.6) is 11.5 Å². The van der Waals surface area contributed by atoms with Gasteiger partial charge in [0.25, 0.3) is 0 Å². The Morgan fingerprint density at radius 3 is 2.67 bits per heavy atom. The largest absolute Gasteiger partial charge is 0.481 e. The van der Waals surface area contributed by atoms with Crippen LogP contribution in [0.4, 0.5) is 0 Å². The van der Waals surface area contributed by atoms with Crippen molar-refractivity contribution >= 4 is 17.6 Å². The van der Waals surface area contributed by atoms with Crippen molar-refractivity contribution in [3.8, 4) is 11.5 Å². The Balaban J connectivity index is 1.56. The van der Waals surface area contributed by atoms with E-state index < -0.39 is 5.97 Å². The second-order valence-corrected chi connectivity index (χ2v) is 7.57. The van der Waals surface area contributed by atoms with Crippen molar-refractivity contribution in [2.75, 3.05) is 32.7 Å². The number of nitrogens with zero attached hydrogens (tertiary/aromatic N) is 2. The van der Waals surface area contributed by atoms with Crippen LogP contribution in [-0.2, 0) is 11.2 Å². The molecule has 6 heteroatoms. The highest BCUT2D eigenvalue weighted by molar-refractivity contribution is 6.30. The number of hydrogen-bond donors (Lipinski definition) is 1. The smallest absolute Gasteiger partial charge is 0.304 e. The number of hydrogen-bond acceptors (Lipinski definition) is 4. The van der Waals surface area contributed by atoms with Crippen molar-refractivity contribution in [2.24, 2.45) is 0 Å². The number of benzene rings is 2. The van der Waals surface area contributed by atoms with Gasteiger partial charge in [-0.05, 0) is 36.2 Å². The van der Waals surface area contributed by atoms with Crippen LogP contribution in [0.2, 0.25) is 5.02 Å². The first-order valence-corrected chi connectivity index (χ1v) is 9.71. The Labute approximate surface area is 164 Å². The van der Waals surface area contributed by atoms with Crippen LogP contribution in [0.25, 0.3) is 0 Å². The molecule has 2 heterocycles. The van der Waals surface area contributed by atoms with Crippen molar-refractivity contribution < 1.29 is 14.6 Å². The van der Waals surface area contributed by atoms with Crippen molar-refractivity contribution in [3.05, 3.63) is 58.6 Å². The average Bonchev–Trinajstić information content (AvgIpc) is 2.83. The standard InChI is InChI=1S/C21H23ClN2O3/c22-16-5-6-19-15(13-16)14-18(17-3-1-2-4-20(17)27-19)24-11-9-23(10-12-24)8-7-21(25)26/h1-6,13,18H,7-12,14H2,(H,25,26). The van der Waals surface area contributed by atoms with E-state index in [2.05, 4.69) is 21.9 Å². The Morgan fingerprint density at radius 2 is 1.89 bits per heavy atom. The topological polar surface area (TPSA) is 53.0 Å². The maximum Gasteiger partial charge on any atom is 0.304 e. The van der Waals surface area contributed by atoms with Gasteiger partial charge in [-0.3, -0.25) is 9.69 Å². The Bertz CT molecular complexity index is 834. The molecule has 1 atom stereocenters. The van der Waals surface area contributed by atoms with Crippen LogP contribution in [-0.4, -0.2) is 53.6 Å². The van der Waals surface area contributed by atoms with E-state index in [0.29, 0.717) is 6.54 Å². The number of carboxylic acid groups (broad SMARTS) is 1. The van der Waals surface area contributed by atoms with Crippen molar-refractivity contribution in [1.82, 2.24) is 9.80 Å². The molecule has 0 amide bonds. The van der Waals surface area contributed by atoms with Gasteiger partial charge in [0.15, 0.2) is 0 Å². The zero-order valence-corrected chi connectivity index (χ0v) is 15.9. The zero-order valence-electron chi connectivity index (χ0n) is 15.1. The van der Waals surface area contributed by atoms with Gasteiger partial charge in [-0.1, -0.05) is 29.8 Å². The Kier molecular flexibility index (Phi) is 5.34. The molecule has 2 aromatic rings. The first-order valence-electron chi connectivity index (χ1n) is 9.33. The van der Waals surface area contributed by atoms with Gasteiger partial charge in [0.2, 0.25) is 0 Å². The molecule has 5 nitrogen and oxygen atoms in total. The lowest BCUT2D eigenvalue weighted by Gasteiger charge is -2.39. The van der Waals surface area contributed by atoms with Crippen LogP contribution in [0.15, 0.2) is 42.5 Å². The number of aliphatic carboxylic acids is 1. The number of piperazine rings is 1. The molecular formula is C21H23ClN2O3. The molecule has 2 aliphatic heterocycles. The summed E-state index contributed by atoms with van der Waals surface area (Å²) in [5, 5.41) is 9.62. The maximum atomic E-state index is 10.8. The summed E-state index contributed by atoms with van der Waals surface area (Å²) >= 11 is 6.23. The van der Waals surface area contributed by atoms with Gasteiger partial charge in [-0.15, -0.1) is 0 Å². The molecule has 0 bridgehead atoms. The van der Waals surface area contributed by atoms with E-state index in [0.717, 1.165) is 54.7 Å². The molecule has 2 aromatic carbocycles. The predicted molar refractivity (Wildman–Crippen MR) is 105 cm³/mol. The number of fused-ring (bicyclic) bond motifs is 2. The van der Waals surface area contributed by atoms with Gasteiger partial charge in [0.1, 0.15) is 11.5 Å². The van der Waals surface area contributed by atoms with Gasteiger partial charge >= 0.3 is 5.97 Å². The molecule has 0 spiro atoms. The summed E-state index contributed by atoms with van der Waals surface area (Å²) < 4.78 is 6.20. The minimum absolute atomic E-state index is 0.200. The fourth-order valence-corrected chi connectivity index (χ4v) is 4.17. The molecule has 0 radical (unpaired) electrons. The molecule has 1 saturated heterocycles. The second kappa shape index (κ2) is 7.89. The maximum absolute atomic E-state index is 10.8. The lowest BCUT2D eigenvalue weighted by molar-refractivity contribution is -0.137. The third-order valence-corrected chi connectivity index (χ3v) is 5.66. The number of rotatable bonds is 4. The number of halogens is 1. The van der Waals surface area contributed by atoms with Gasteiger partial charge in [0.05, 0.1) is 6.42 Å². The fraction of sp³-hybridized carbons (Fsp3) is 0.381. The highest BCUT2D eigenvalue weighted by atomic mass is 35.5. The Morgan fingerprint density at radius 1 is 1.11 bits per heavy atom. The molecule has 142 valence electrons. The van der Waals surface area contributed by atoms with E-state index in [-0.39, 0.29) is 12.5 Å². The number of carboxylic acids is 1. The molecule has 27 heavy (non-hydrogen) atoms. The van der Waals surface area contributed by atoms with E-state index in [1.54, 1.807) is 0 Å². The number of carbonyl (C=O) groups is 1. The summed E-state index contributed by atoms with van der Waals surface area (Å²) in [6.07, 6.45) is 1.05. The summed E-state index contributed by atoms with van der Waals surface area (Å²) in [6.45, 7) is 4.21. The molecule has 1 N–H and O–H groups in total. The van der Waals surface area contributed by atoms with Crippen molar-refractivity contribution in [3.63, 3.8) is 0 Å². The summed E-state index contributed by atoms with van der Waals surface area (Å²) in [7, 11) is 0. The van der Waals surface area contributed by atoms with E-state index in [1.807, 2.05) is 30.3 Å². The molecule has 0 aliphatic carbocycles. The van der Waals surface area contributed by atoms with E-state index >= 15 is 0 Å². The predicted octanol–water partition coefficient (Wildman–Crippen LogP) is 3.82. The van der Waals surface area contributed by atoms with Crippen LogP contribution < -0.4 is 4.74 Å². The van der Waals surface area contributed by atoms with E-state index in [4.69, 9.17) is 21.4 Å². The van der Waals surface area contributed by atoms with Gasteiger partial charge in [-0.25, -0.2) is 0 Å². The molecule has 4 rings (SSSR count). The number of ether oxygens (including phenoxy) is 1. The quantitative estimate of drug-likeness (QED) is 0.865. The lowest BCUT2D eigenvalue weighted by Crippen LogP contribution is -2.48. The van der Waals surface area contributed by atoms with Gasteiger partial charge in [0, 0.05) is 49.4 Å². The molecule has 0 aromatic heterocycles. The van der Waals surface area contributed by atoms with E-state index in [9.17, 15) is 4.79 Å². The summed E-state index contributed by atoms with van der Waals surface area (Å²) in [6, 6.07) is 14.3. The summed E-state index contributed by atoms with van der Waals surface area (Å²) in [5.41, 5.74) is 2.32. The highest BCUT2D eigenvalue weighted by Crippen LogP contribution is 2.41. The molecule has 2 aliphatic rings. The van der Waals surface area contributed by atoms with Crippen molar-refractivity contribution in [2.45, 2.75) is 18.9 Å². The monoisotopic (exact) mass is 386 g/mol. The Hall–Kier alpha value is -2.08. The highest BCUT2D eigenvalue weighted by Gasteiger charge is 2.30. The normalized spacial score (nSPS) is 20.3. The molecule has 1 unspecified atom stereocenters. The van der Waals surface area contributed by atoms with Crippen LogP contribution in [0.1, 0.15) is 23.6 Å². The van der Waals surface area contributed by atoms with Gasteiger partial charge < -0.3 is 14.7 Å². The third-order valence-electron chi connectivity index (χ3n) is 5.42. The summed E-state index contributed by atoms with van der Waals surface area (Å²) in [4.78, 5) is 15.5. The number of para-hydroxylation sites is 1. The molecule has 0 saturated carbocycles. The third kappa shape index (κ3) is 4.10. The lowest BCUT2D eigenvalue weighted by atomic mass is 9.96. The zero-order chi connectivity index (χ0) is 18.8. The minimum atomic E-state index is -0.735. The molecular weight excluding hydrogens is 364 g/mol. The van der Waals surface area contributed by atoms with Crippen LogP contribution >= 0.6 is 11.6 Å². The van der Waals surface area contributed by atoms with Crippen LogP contribution in [0, 0.1) is 0 Å². The summed E-state index contributed by atoms with van der Waals surface area (Å²) in [5.74, 6) is 1.03. The first kappa shape index (κ1) is 18.3. The van der Waals surface area contributed by atoms with E-state index in [1.165, 1.54) is 5.56 Å². The first-order chi connectivity index (χ1) is 13.1. The minimum Gasteiger partial charge on any atom is -0.481 e. The van der Waals surface area contributed by atoms with Gasteiger partial charge in [-0.2, -0.15) is 0 Å². The van der Waals surface area contributed by atoms with Crippen LogP contribution in [0.3, 0.4) is 0 Å².